The van der Waals surface area contributed by atoms with Crippen molar-refractivity contribution >= 4 is 28.8 Å². The number of aromatic nitrogens is 1. The number of rotatable bonds is 4. The van der Waals surface area contributed by atoms with Crippen molar-refractivity contribution in [1.29, 1.82) is 0 Å². The molecule has 118 valence electrons. The highest BCUT2D eigenvalue weighted by Gasteiger charge is 2.24. The van der Waals surface area contributed by atoms with E-state index in [2.05, 4.69) is 4.98 Å². The van der Waals surface area contributed by atoms with E-state index in [1.54, 1.807) is 41.5 Å². The SMILES string of the molecule is COc1cc(Cl)ccc1C(=O)N(C)C(C)c1sc(C)nc1C. The first-order valence-corrected chi connectivity index (χ1v) is 8.09. The fraction of sp³-hybridized carbons (Fsp3) is 0.375. The van der Waals surface area contributed by atoms with Crippen LogP contribution in [0.1, 0.15) is 38.9 Å². The average Bonchev–Trinajstić information content (AvgIpc) is 2.83. The van der Waals surface area contributed by atoms with Gasteiger partial charge in [-0.2, -0.15) is 0 Å². The van der Waals surface area contributed by atoms with Gasteiger partial charge in [-0.25, -0.2) is 4.98 Å². The summed E-state index contributed by atoms with van der Waals surface area (Å²) >= 11 is 7.57. The lowest BCUT2D eigenvalue weighted by Crippen LogP contribution is -2.29. The van der Waals surface area contributed by atoms with Gasteiger partial charge in [-0.3, -0.25) is 4.79 Å². The van der Waals surface area contributed by atoms with Crippen LogP contribution in [0.15, 0.2) is 18.2 Å². The van der Waals surface area contributed by atoms with Crippen molar-refractivity contribution in [3.63, 3.8) is 0 Å². The van der Waals surface area contributed by atoms with E-state index in [1.807, 2.05) is 20.8 Å². The highest BCUT2D eigenvalue weighted by molar-refractivity contribution is 7.11. The van der Waals surface area contributed by atoms with Gasteiger partial charge in [0.05, 0.1) is 29.4 Å². The van der Waals surface area contributed by atoms with Crippen LogP contribution in [0.5, 0.6) is 5.75 Å². The van der Waals surface area contributed by atoms with Crippen molar-refractivity contribution in [2.24, 2.45) is 0 Å². The molecule has 1 heterocycles. The molecule has 2 rings (SSSR count). The topological polar surface area (TPSA) is 42.4 Å². The van der Waals surface area contributed by atoms with E-state index in [4.69, 9.17) is 16.3 Å². The number of halogens is 1. The second-order valence-corrected chi connectivity index (χ2v) is 6.79. The summed E-state index contributed by atoms with van der Waals surface area (Å²) in [5, 5.41) is 1.54. The molecule has 0 spiro atoms. The molecule has 22 heavy (non-hydrogen) atoms. The summed E-state index contributed by atoms with van der Waals surface area (Å²) in [6, 6.07) is 4.98. The van der Waals surface area contributed by atoms with Gasteiger partial charge in [0.25, 0.3) is 5.91 Å². The quantitative estimate of drug-likeness (QED) is 0.836. The van der Waals surface area contributed by atoms with E-state index in [0.29, 0.717) is 16.3 Å². The zero-order chi connectivity index (χ0) is 16.4. The number of nitrogens with zero attached hydrogens (tertiary/aromatic N) is 2. The van der Waals surface area contributed by atoms with Crippen LogP contribution in [-0.4, -0.2) is 29.9 Å². The molecule has 4 nitrogen and oxygen atoms in total. The van der Waals surface area contributed by atoms with Crippen LogP contribution < -0.4 is 4.74 Å². The molecule has 1 amide bonds. The van der Waals surface area contributed by atoms with E-state index in [-0.39, 0.29) is 11.9 Å². The van der Waals surface area contributed by atoms with Crippen LogP contribution in [0.4, 0.5) is 0 Å². The summed E-state index contributed by atoms with van der Waals surface area (Å²) in [7, 11) is 3.32. The Hall–Kier alpha value is -1.59. The third-order valence-electron chi connectivity index (χ3n) is 3.61. The van der Waals surface area contributed by atoms with E-state index >= 15 is 0 Å². The van der Waals surface area contributed by atoms with Crippen molar-refractivity contribution in [2.45, 2.75) is 26.8 Å². The first-order chi connectivity index (χ1) is 10.3. The largest absolute Gasteiger partial charge is 0.496 e. The Morgan fingerprint density at radius 1 is 1.41 bits per heavy atom. The van der Waals surface area contributed by atoms with Crippen LogP contribution in [0.3, 0.4) is 0 Å². The van der Waals surface area contributed by atoms with Gasteiger partial charge in [-0.05, 0) is 39.0 Å². The number of thiazole rings is 1. The van der Waals surface area contributed by atoms with Crippen LogP contribution in [-0.2, 0) is 0 Å². The van der Waals surface area contributed by atoms with E-state index in [9.17, 15) is 4.79 Å². The number of aryl methyl sites for hydroxylation is 2. The minimum absolute atomic E-state index is 0.0564. The van der Waals surface area contributed by atoms with Gasteiger partial charge in [0.2, 0.25) is 0 Å². The van der Waals surface area contributed by atoms with Gasteiger partial charge in [-0.1, -0.05) is 11.6 Å². The summed E-state index contributed by atoms with van der Waals surface area (Å²) in [5.41, 5.74) is 1.47. The second-order valence-electron chi connectivity index (χ2n) is 5.12. The fourth-order valence-corrected chi connectivity index (χ4v) is 3.50. The molecule has 0 saturated carbocycles. The van der Waals surface area contributed by atoms with Gasteiger partial charge in [0, 0.05) is 16.9 Å². The summed E-state index contributed by atoms with van der Waals surface area (Å²) < 4.78 is 5.27. The van der Waals surface area contributed by atoms with E-state index in [0.717, 1.165) is 15.6 Å². The Morgan fingerprint density at radius 2 is 2.09 bits per heavy atom. The molecule has 2 aromatic rings. The Balaban J connectivity index is 2.31. The van der Waals surface area contributed by atoms with Crippen LogP contribution in [0.2, 0.25) is 5.02 Å². The van der Waals surface area contributed by atoms with Crippen LogP contribution in [0, 0.1) is 13.8 Å². The summed E-state index contributed by atoms with van der Waals surface area (Å²) in [6.45, 7) is 5.94. The average molecular weight is 339 g/mol. The molecule has 0 aliphatic carbocycles. The zero-order valence-corrected chi connectivity index (χ0v) is 14.9. The van der Waals surface area contributed by atoms with Gasteiger partial charge >= 0.3 is 0 Å². The Bertz CT molecular complexity index is 699. The molecule has 0 aliphatic rings. The molecule has 0 fully saturated rings. The monoisotopic (exact) mass is 338 g/mol. The molecule has 1 unspecified atom stereocenters. The number of ether oxygens (including phenoxy) is 1. The second kappa shape index (κ2) is 6.67. The number of amides is 1. The van der Waals surface area contributed by atoms with E-state index < -0.39 is 0 Å². The maximum atomic E-state index is 12.8. The lowest BCUT2D eigenvalue weighted by Gasteiger charge is -2.25. The third-order valence-corrected chi connectivity index (χ3v) is 5.09. The number of carbonyl (C=O) groups is 1. The zero-order valence-electron chi connectivity index (χ0n) is 13.3. The predicted octanol–water partition coefficient (Wildman–Crippen LogP) is 4.26. The standard InChI is InChI=1S/C16H19ClN2O2S/c1-9-15(22-11(3)18-9)10(2)19(4)16(20)13-7-6-12(17)8-14(13)21-5/h6-8,10H,1-5H3. The number of methoxy groups -OCH3 is 1. The first kappa shape index (κ1) is 16.8. The van der Waals surface area contributed by atoms with Crippen molar-refractivity contribution in [3.8, 4) is 5.75 Å². The normalized spacial score (nSPS) is 12.1. The molecule has 0 aliphatic heterocycles. The molecule has 0 radical (unpaired) electrons. The first-order valence-electron chi connectivity index (χ1n) is 6.89. The minimum atomic E-state index is -0.105. The molecule has 1 aromatic carbocycles. The maximum absolute atomic E-state index is 12.8. The smallest absolute Gasteiger partial charge is 0.257 e. The van der Waals surface area contributed by atoms with Crippen LogP contribution in [0.25, 0.3) is 0 Å². The molecule has 0 saturated heterocycles. The van der Waals surface area contributed by atoms with Crippen molar-refractivity contribution < 1.29 is 9.53 Å². The number of hydrogen-bond donors (Lipinski definition) is 0. The Kier molecular flexibility index (Phi) is 5.08. The van der Waals surface area contributed by atoms with Gasteiger partial charge in [-0.15, -0.1) is 11.3 Å². The van der Waals surface area contributed by atoms with Crippen LogP contribution >= 0.6 is 22.9 Å². The number of carbonyl (C=O) groups excluding carboxylic acids is 1. The van der Waals surface area contributed by atoms with Crippen molar-refractivity contribution in [3.05, 3.63) is 44.4 Å². The van der Waals surface area contributed by atoms with Crippen molar-refractivity contribution in [1.82, 2.24) is 9.88 Å². The maximum Gasteiger partial charge on any atom is 0.257 e. The molecular formula is C16H19ClN2O2S. The minimum Gasteiger partial charge on any atom is -0.496 e. The molecule has 0 N–H and O–H groups in total. The summed E-state index contributed by atoms with van der Waals surface area (Å²) in [6.07, 6.45) is 0. The molecule has 6 heteroatoms. The fourth-order valence-electron chi connectivity index (χ4n) is 2.32. The van der Waals surface area contributed by atoms with Gasteiger partial charge < -0.3 is 9.64 Å². The summed E-state index contributed by atoms with van der Waals surface area (Å²) in [4.78, 5) is 20.0. The highest BCUT2D eigenvalue weighted by Crippen LogP contribution is 2.31. The van der Waals surface area contributed by atoms with E-state index in [1.165, 1.54) is 7.11 Å². The number of benzene rings is 1. The highest BCUT2D eigenvalue weighted by atomic mass is 35.5. The molecule has 0 bridgehead atoms. The Labute approximate surface area is 139 Å². The number of hydrogen-bond acceptors (Lipinski definition) is 4. The predicted molar refractivity (Wildman–Crippen MR) is 90.1 cm³/mol. The molecular weight excluding hydrogens is 320 g/mol. The molecule has 1 aromatic heterocycles. The lowest BCUT2D eigenvalue weighted by atomic mass is 10.1. The van der Waals surface area contributed by atoms with Gasteiger partial charge in [0.1, 0.15) is 5.75 Å². The molecule has 1 atom stereocenters. The van der Waals surface area contributed by atoms with Crippen molar-refractivity contribution in [2.75, 3.05) is 14.2 Å². The van der Waals surface area contributed by atoms with Gasteiger partial charge in [0.15, 0.2) is 0 Å². The third kappa shape index (κ3) is 3.25. The summed E-state index contributed by atoms with van der Waals surface area (Å²) in [5.74, 6) is 0.375. The lowest BCUT2D eigenvalue weighted by molar-refractivity contribution is 0.0741. The Morgan fingerprint density at radius 3 is 2.64 bits per heavy atom.